The summed E-state index contributed by atoms with van der Waals surface area (Å²) in [6.07, 6.45) is 1.82. The van der Waals surface area contributed by atoms with Crippen LogP contribution in [0.2, 0.25) is 0 Å². The van der Waals surface area contributed by atoms with Crippen molar-refractivity contribution >= 4 is 11.8 Å². The molecule has 1 saturated carbocycles. The molecule has 0 spiro atoms. The lowest BCUT2D eigenvalue weighted by Gasteiger charge is -2.48. The number of hydrogen-bond donors (Lipinski definition) is 1. The first-order valence-electron chi connectivity index (χ1n) is 8.84. The molecule has 1 atom stereocenters. The molecule has 136 valence electrons. The second-order valence-corrected chi connectivity index (χ2v) is 7.19. The molecule has 2 aliphatic rings. The van der Waals surface area contributed by atoms with Crippen molar-refractivity contribution in [2.45, 2.75) is 30.9 Å². The molecule has 0 aromatic heterocycles. The molecule has 1 saturated heterocycles. The molecule has 1 unspecified atom stereocenters. The minimum absolute atomic E-state index is 0.0135. The number of ether oxygens (including phenoxy) is 1. The molecule has 0 bridgehead atoms. The van der Waals surface area contributed by atoms with Crippen molar-refractivity contribution < 1.29 is 14.3 Å². The van der Waals surface area contributed by atoms with Gasteiger partial charge in [0.05, 0.1) is 5.60 Å². The van der Waals surface area contributed by atoms with Gasteiger partial charge in [-0.2, -0.15) is 0 Å². The number of piperazine rings is 1. The fourth-order valence-corrected chi connectivity index (χ4v) is 3.87. The minimum atomic E-state index is -0.427. The standard InChI is InChI=1S/C19H27N3O3/c1-21-8-9-22(17(23)15-11-19(12-15,13-20)25-2)16(18(21)24)10-14-6-4-3-5-7-14/h3-7,15-16H,8-13,20H2,1-2H3. The number of carbonyl (C=O) groups excluding carboxylic acids is 2. The van der Waals surface area contributed by atoms with E-state index in [0.717, 1.165) is 5.56 Å². The quantitative estimate of drug-likeness (QED) is 0.850. The van der Waals surface area contributed by atoms with E-state index in [1.807, 2.05) is 30.3 Å². The predicted octanol–water partition coefficient (Wildman–Crippen LogP) is 0.652. The Kier molecular flexibility index (Phi) is 5.11. The Morgan fingerprint density at radius 2 is 1.96 bits per heavy atom. The molecule has 6 nitrogen and oxygen atoms in total. The van der Waals surface area contributed by atoms with Crippen LogP contribution in [0.3, 0.4) is 0 Å². The first kappa shape index (κ1) is 17.9. The number of carbonyl (C=O) groups is 2. The molecule has 2 amide bonds. The Balaban J connectivity index is 1.74. The Morgan fingerprint density at radius 3 is 2.56 bits per heavy atom. The number of nitrogens with two attached hydrogens (primary N) is 1. The fourth-order valence-electron chi connectivity index (χ4n) is 3.87. The van der Waals surface area contributed by atoms with Gasteiger partial charge in [-0.1, -0.05) is 30.3 Å². The Labute approximate surface area is 148 Å². The average molecular weight is 345 g/mol. The highest BCUT2D eigenvalue weighted by Crippen LogP contribution is 2.41. The van der Waals surface area contributed by atoms with Gasteiger partial charge in [0, 0.05) is 46.1 Å². The number of rotatable bonds is 5. The molecule has 3 rings (SSSR count). The van der Waals surface area contributed by atoms with Gasteiger partial charge < -0.3 is 20.3 Å². The summed E-state index contributed by atoms with van der Waals surface area (Å²) < 4.78 is 5.48. The molecule has 6 heteroatoms. The number of hydrogen-bond acceptors (Lipinski definition) is 4. The van der Waals surface area contributed by atoms with Crippen LogP contribution >= 0.6 is 0 Å². The van der Waals surface area contributed by atoms with Crippen LogP contribution in [-0.2, 0) is 20.7 Å². The number of nitrogens with zero attached hydrogens (tertiary/aromatic N) is 2. The predicted molar refractivity (Wildman–Crippen MR) is 94.8 cm³/mol. The van der Waals surface area contributed by atoms with Gasteiger partial charge in [-0.3, -0.25) is 9.59 Å². The van der Waals surface area contributed by atoms with Crippen molar-refractivity contribution in [3.05, 3.63) is 35.9 Å². The van der Waals surface area contributed by atoms with E-state index in [1.165, 1.54) is 0 Å². The van der Waals surface area contributed by atoms with Crippen molar-refractivity contribution in [2.75, 3.05) is 33.8 Å². The van der Waals surface area contributed by atoms with Gasteiger partial charge >= 0.3 is 0 Å². The maximum atomic E-state index is 13.0. The van der Waals surface area contributed by atoms with Crippen LogP contribution in [0.1, 0.15) is 18.4 Å². The zero-order valence-electron chi connectivity index (χ0n) is 15.0. The average Bonchev–Trinajstić information content (AvgIpc) is 2.60. The SMILES string of the molecule is COC1(CN)CC(C(=O)N2CCN(C)C(=O)C2Cc2ccccc2)C1. The van der Waals surface area contributed by atoms with Crippen LogP contribution in [0, 0.1) is 5.92 Å². The fraction of sp³-hybridized carbons (Fsp3) is 0.579. The second-order valence-electron chi connectivity index (χ2n) is 7.19. The van der Waals surface area contributed by atoms with Gasteiger partial charge in [-0.15, -0.1) is 0 Å². The summed E-state index contributed by atoms with van der Waals surface area (Å²) in [6.45, 7) is 1.58. The molecule has 1 aromatic carbocycles. The van der Waals surface area contributed by atoms with Gasteiger partial charge in [0.1, 0.15) is 6.04 Å². The Morgan fingerprint density at radius 1 is 1.28 bits per heavy atom. The molecule has 1 aromatic rings. The van der Waals surface area contributed by atoms with Gasteiger partial charge in [0.2, 0.25) is 11.8 Å². The van der Waals surface area contributed by atoms with E-state index in [2.05, 4.69) is 0 Å². The van der Waals surface area contributed by atoms with E-state index in [4.69, 9.17) is 10.5 Å². The van der Waals surface area contributed by atoms with Crippen LogP contribution < -0.4 is 5.73 Å². The molecule has 1 aliphatic carbocycles. The van der Waals surface area contributed by atoms with Crippen LogP contribution in [0.4, 0.5) is 0 Å². The second kappa shape index (κ2) is 7.14. The van der Waals surface area contributed by atoms with E-state index in [1.54, 1.807) is 24.0 Å². The highest BCUT2D eigenvalue weighted by atomic mass is 16.5. The van der Waals surface area contributed by atoms with Crippen molar-refractivity contribution in [3.8, 4) is 0 Å². The summed E-state index contributed by atoms with van der Waals surface area (Å²) >= 11 is 0. The molecular weight excluding hydrogens is 318 g/mol. The third-order valence-electron chi connectivity index (χ3n) is 5.66. The van der Waals surface area contributed by atoms with Gasteiger partial charge in [0.25, 0.3) is 0 Å². The van der Waals surface area contributed by atoms with E-state index in [-0.39, 0.29) is 23.3 Å². The highest BCUT2D eigenvalue weighted by Gasteiger charge is 2.50. The Bertz CT molecular complexity index is 622. The maximum absolute atomic E-state index is 13.0. The lowest BCUT2D eigenvalue weighted by Crippen LogP contribution is -2.62. The van der Waals surface area contributed by atoms with Crippen LogP contribution in [0.15, 0.2) is 30.3 Å². The topological polar surface area (TPSA) is 75.9 Å². The van der Waals surface area contributed by atoms with Gasteiger partial charge in [0.15, 0.2) is 0 Å². The molecule has 1 aliphatic heterocycles. The normalized spacial score (nSPS) is 29.5. The van der Waals surface area contributed by atoms with Gasteiger partial charge in [-0.25, -0.2) is 0 Å². The number of benzene rings is 1. The summed E-state index contributed by atoms with van der Waals surface area (Å²) in [6, 6.07) is 9.43. The molecular formula is C19H27N3O3. The third kappa shape index (κ3) is 3.41. The van der Waals surface area contributed by atoms with Crippen LogP contribution in [-0.4, -0.2) is 67.0 Å². The zero-order chi connectivity index (χ0) is 18.0. The first-order chi connectivity index (χ1) is 12.0. The summed E-state index contributed by atoms with van der Waals surface area (Å²) in [4.78, 5) is 29.2. The van der Waals surface area contributed by atoms with Crippen LogP contribution in [0.5, 0.6) is 0 Å². The van der Waals surface area contributed by atoms with E-state index in [9.17, 15) is 9.59 Å². The first-order valence-corrected chi connectivity index (χ1v) is 8.84. The van der Waals surface area contributed by atoms with E-state index < -0.39 is 6.04 Å². The van der Waals surface area contributed by atoms with E-state index in [0.29, 0.717) is 38.9 Å². The smallest absolute Gasteiger partial charge is 0.245 e. The van der Waals surface area contributed by atoms with E-state index >= 15 is 0 Å². The summed E-state index contributed by atoms with van der Waals surface area (Å²) in [5.74, 6) is -0.0268. The lowest BCUT2D eigenvalue weighted by atomic mass is 9.70. The van der Waals surface area contributed by atoms with Crippen molar-refractivity contribution in [1.82, 2.24) is 9.80 Å². The minimum Gasteiger partial charge on any atom is -0.377 e. The van der Waals surface area contributed by atoms with Crippen molar-refractivity contribution in [3.63, 3.8) is 0 Å². The number of likely N-dealkylation sites (N-methyl/N-ethyl adjacent to an activating group) is 1. The van der Waals surface area contributed by atoms with Crippen LogP contribution in [0.25, 0.3) is 0 Å². The monoisotopic (exact) mass is 345 g/mol. The van der Waals surface area contributed by atoms with Gasteiger partial charge in [-0.05, 0) is 18.4 Å². The highest BCUT2D eigenvalue weighted by molar-refractivity contribution is 5.90. The largest absolute Gasteiger partial charge is 0.377 e. The Hall–Kier alpha value is -1.92. The zero-order valence-corrected chi connectivity index (χ0v) is 15.0. The number of methoxy groups -OCH3 is 1. The molecule has 1 heterocycles. The lowest BCUT2D eigenvalue weighted by molar-refractivity contribution is -0.164. The maximum Gasteiger partial charge on any atom is 0.245 e. The van der Waals surface area contributed by atoms with Crippen molar-refractivity contribution in [1.29, 1.82) is 0 Å². The molecule has 0 radical (unpaired) electrons. The molecule has 2 N–H and O–H groups in total. The summed E-state index contributed by atoms with van der Waals surface area (Å²) in [5.41, 5.74) is 6.48. The summed E-state index contributed by atoms with van der Waals surface area (Å²) in [5, 5.41) is 0. The molecule has 2 fully saturated rings. The van der Waals surface area contributed by atoms with Crippen molar-refractivity contribution in [2.24, 2.45) is 11.7 Å². The summed E-state index contributed by atoms with van der Waals surface area (Å²) in [7, 11) is 3.45. The number of amides is 2. The third-order valence-corrected chi connectivity index (χ3v) is 5.66. The molecule has 25 heavy (non-hydrogen) atoms.